The van der Waals surface area contributed by atoms with Gasteiger partial charge in [-0.05, 0) is 18.1 Å². The number of hydrogen-bond acceptors (Lipinski definition) is 5. The normalized spacial score (nSPS) is 10.6. The molecule has 0 aliphatic heterocycles. The van der Waals surface area contributed by atoms with E-state index >= 15 is 0 Å². The SMILES string of the molecule is CC(C)c1cc(NCCOc2cccc(N)c2)ncn1. The molecule has 2 rings (SSSR count). The average molecular weight is 272 g/mol. The zero-order valence-electron chi connectivity index (χ0n) is 11.8. The molecule has 20 heavy (non-hydrogen) atoms. The third-order valence-corrected chi connectivity index (χ3v) is 2.81. The molecule has 0 fully saturated rings. The highest BCUT2D eigenvalue weighted by atomic mass is 16.5. The molecule has 0 aliphatic rings. The van der Waals surface area contributed by atoms with Gasteiger partial charge in [0.15, 0.2) is 0 Å². The molecule has 106 valence electrons. The molecule has 0 unspecified atom stereocenters. The Kier molecular flexibility index (Phi) is 4.76. The summed E-state index contributed by atoms with van der Waals surface area (Å²) in [5.74, 6) is 1.99. The monoisotopic (exact) mass is 272 g/mol. The molecule has 0 amide bonds. The average Bonchev–Trinajstić information content (AvgIpc) is 2.44. The van der Waals surface area contributed by atoms with Crippen molar-refractivity contribution in [1.82, 2.24) is 9.97 Å². The lowest BCUT2D eigenvalue weighted by Gasteiger charge is -2.10. The Balaban J connectivity index is 1.80. The van der Waals surface area contributed by atoms with Crippen molar-refractivity contribution in [3.8, 4) is 5.75 Å². The van der Waals surface area contributed by atoms with E-state index < -0.39 is 0 Å². The van der Waals surface area contributed by atoms with Gasteiger partial charge in [0.05, 0.1) is 6.54 Å². The van der Waals surface area contributed by atoms with E-state index in [4.69, 9.17) is 10.5 Å². The highest BCUT2D eigenvalue weighted by Crippen LogP contribution is 2.15. The quantitative estimate of drug-likeness (QED) is 0.624. The van der Waals surface area contributed by atoms with Crippen LogP contribution in [0.25, 0.3) is 0 Å². The first kappa shape index (κ1) is 14.1. The van der Waals surface area contributed by atoms with Crippen LogP contribution in [0.2, 0.25) is 0 Å². The van der Waals surface area contributed by atoms with E-state index in [1.807, 2.05) is 30.3 Å². The molecule has 0 aliphatic carbocycles. The topological polar surface area (TPSA) is 73.1 Å². The van der Waals surface area contributed by atoms with Crippen molar-refractivity contribution in [3.63, 3.8) is 0 Å². The molecule has 0 bridgehead atoms. The van der Waals surface area contributed by atoms with Crippen LogP contribution in [0.5, 0.6) is 5.75 Å². The highest BCUT2D eigenvalue weighted by molar-refractivity contribution is 5.43. The highest BCUT2D eigenvalue weighted by Gasteiger charge is 2.02. The second-order valence-corrected chi connectivity index (χ2v) is 4.83. The zero-order chi connectivity index (χ0) is 14.4. The van der Waals surface area contributed by atoms with E-state index in [9.17, 15) is 0 Å². The minimum atomic E-state index is 0.391. The fourth-order valence-corrected chi connectivity index (χ4v) is 1.74. The molecule has 0 saturated carbocycles. The van der Waals surface area contributed by atoms with Crippen molar-refractivity contribution in [2.45, 2.75) is 19.8 Å². The maximum absolute atomic E-state index is 5.69. The number of ether oxygens (including phenoxy) is 1. The van der Waals surface area contributed by atoms with Crippen LogP contribution in [0.3, 0.4) is 0 Å². The van der Waals surface area contributed by atoms with Gasteiger partial charge in [0.1, 0.15) is 24.5 Å². The Bertz CT molecular complexity index is 557. The van der Waals surface area contributed by atoms with Gasteiger partial charge in [0.2, 0.25) is 0 Å². The molecular weight excluding hydrogens is 252 g/mol. The van der Waals surface area contributed by atoms with E-state index in [0.717, 1.165) is 17.3 Å². The third kappa shape index (κ3) is 4.12. The van der Waals surface area contributed by atoms with E-state index in [1.165, 1.54) is 0 Å². The van der Waals surface area contributed by atoms with E-state index in [1.54, 1.807) is 6.33 Å². The van der Waals surface area contributed by atoms with E-state index in [-0.39, 0.29) is 0 Å². The van der Waals surface area contributed by atoms with Gasteiger partial charge in [-0.2, -0.15) is 0 Å². The van der Waals surface area contributed by atoms with Gasteiger partial charge in [-0.1, -0.05) is 19.9 Å². The van der Waals surface area contributed by atoms with Crippen LogP contribution < -0.4 is 15.8 Å². The number of nitrogens with zero attached hydrogens (tertiary/aromatic N) is 2. The fourth-order valence-electron chi connectivity index (χ4n) is 1.74. The number of rotatable bonds is 6. The predicted octanol–water partition coefficient (Wildman–Crippen LogP) is 2.67. The summed E-state index contributed by atoms with van der Waals surface area (Å²) in [6.45, 7) is 5.43. The van der Waals surface area contributed by atoms with Gasteiger partial charge in [-0.3, -0.25) is 0 Å². The number of benzene rings is 1. The molecule has 0 spiro atoms. The smallest absolute Gasteiger partial charge is 0.129 e. The summed E-state index contributed by atoms with van der Waals surface area (Å²) < 4.78 is 5.60. The molecule has 1 heterocycles. The Morgan fingerprint density at radius 2 is 2.10 bits per heavy atom. The molecule has 0 saturated heterocycles. The van der Waals surface area contributed by atoms with Crippen LogP contribution >= 0.6 is 0 Å². The lowest BCUT2D eigenvalue weighted by Crippen LogP contribution is -2.13. The third-order valence-electron chi connectivity index (χ3n) is 2.81. The molecule has 1 aromatic carbocycles. The van der Waals surface area contributed by atoms with Crippen molar-refractivity contribution < 1.29 is 4.74 Å². The second-order valence-electron chi connectivity index (χ2n) is 4.83. The van der Waals surface area contributed by atoms with Crippen molar-refractivity contribution >= 4 is 11.5 Å². The predicted molar refractivity (Wildman–Crippen MR) is 81.0 cm³/mol. The summed E-state index contributed by atoms with van der Waals surface area (Å²) in [6, 6.07) is 9.36. The van der Waals surface area contributed by atoms with Crippen LogP contribution in [0.15, 0.2) is 36.7 Å². The second kappa shape index (κ2) is 6.75. The van der Waals surface area contributed by atoms with Crippen LogP contribution in [0.4, 0.5) is 11.5 Å². The van der Waals surface area contributed by atoms with Crippen molar-refractivity contribution in [1.29, 1.82) is 0 Å². The van der Waals surface area contributed by atoms with Gasteiger partial charge < -0.3 is 15.8 Å². The zero-order valence-corrected chi connectivity index (χ0v) is 11.8. The minimum Gasteiger partial charge on any atom is -0.492 e. The number of anilines is 2. The van der Waals surface area contributed by atoms with Crippen LogP contribution in [-0.4, -0.2) is 23.1 Å². The first-order valence-electron chi connectivity index (χ1n) is 6.69. The molecule has 1 aromatic heterocycles. The lowest BCUT2D eigenvalue weighted by atomic mass is 10.1. The van der Waals surface area contributed by atoms with Gasteiger partial charge in [-0.25, -0.2) is 9.97 Å². The summed E-state index contributed by atoms with van der Waals surface area (Å²) >= 11 is 0. The summed E-state index contributed by atoms with van der Waals surface area (Å²) in [7, 11) is 0. The Labute approximate surface area is 119 Å². The molecular formula is C15H20N4O. The van der Waals surface area contributed by atoms with Crippen molar-refractivity contribution in [2.24, 2.45) is 0 Å². The van der Waals surface area contributed by atoms with Gasteiger partial charge in [-0.15, -0.1) is 0 Å². The summed E-state index contributed by atoms with van der Waals surface area (Å²) in [5.41, 5.74) is 7.42. The fraction of sp³-hybridized carbons (Fsp3) is 0.333. The van der Waals surface area contributed by atoms with Crippen LogP contribution in [0.1, 0.15) is 25.5 Å². The molecule has 2 aromatic rings. The largest absolute Gasteiger partial charge is 0.492 e. The Morgan fingerprint density at radius 3 is 2.85 bits per heavy atom. The molecule has 5 heteroatoms. The lowest BCUT2D eigenvalue weighted by molar-refractivity contribution is 0.333. The maximum atomic E-state index is 5.69. The number of nitrogens with one attached hydrogen (secondary N) is 1. The van der Waals surface area contributed by atoms with E-state index in [0.29, 0.717) is 24.8 Å². The number of hydrogen-bond donors (Lipinski definition) is 2. The maximum Gasteiger partial charge on any atom is 0.129 e. The first-order valence-corrected chi connectivity index (χ1v) is 6.69. The first-order chi connectivity index (χ1) is 9.65. The molecule has 5 nitrogen and oxygen atoms in total. The van der Waals surface area contributed by atoms with Gasteiger partial charge >= 0.3 is 0 Å². The van der Waals surface area contributed by atoms with Crippen molar-refractivity contribution in [3.05, 3.63) is 42.4 Å². The number of nitrogens with two attached hydrogens (primary N) is 1. The molecule has 0 atom stereocenters. The minimum absolute atomic E-state index is 0.391. The summed E-state index contributed by atoms with van der Waals surface area (Å²) in [6.07, 6.45) is 1.58. The van der Waals surface area contributed by atoms with Gasteiger partial charge in [0, 0.05) is 23.5 Å². The number of aromatic nitrogens is 2. The molecule has 0 radical (unpaired) electrons. The number of nitrogen functional groups attached to an aromatic ring is 1. The molecule has 3 N–H and O–H groups in total. The Morgan fingerprint density at radius 1 is 1.25 bits per heavy atom. The van der Waals surface area contributed by atoms with Crippen LogP contribution in [0, 0.1) is 0 Å². The summed E-state index contributed by atoms with van der Waals surface area (Å²) in [4.78, 5) is 8.41. The van der Waals surface area contributed by atoms with E-state index in [2.05, 4.69) is 29.1 Å². The van der Waals surface area contributed by atoms with Gasteiger partial charge in [0.25, 0.3) is 0 Å². The van der Waals surface area contributed by atoms with Crippen LogP contribution in [-0.2, 0) is 0 Å². The summed E-state index contributed by atoms with van der Waals surface area (Å²) in [5, 5.41) is 3.22. The standard InChI is InChI=1S/C15H20N4O/c1-11(2)14-9-15(19-10-18-14)17-6-7-20-13-5-3-4-12(16)8-13/h3-5,8-11H,6-7,16H2,1-2H3,(H,17,18,19). The Hall–Kier alpha value is -2.30. The van der Waals surface area contributed by atoms with Crippen molar-refractivity contribution in [2.75, 3.05) is 24.2 Å².